The van der Waals surface area contributed by atoms with Crippen molar-refractivity contribution in [3.63, 3.8) is 0 Å². The topological polar surface area (TPSA) is 83.9 Å². The lowest BCUT2D eigenvalue weighted by atomic mass is 10.0. The lowest BCUT2D eigenvalue weighted by Crippen LogP contribution is -2.41. The number of carbonyl (C=O) groups is 1. The second-order valence-electron chi connectivity index (χ2n) is 7.84. The van der Waals surface area contributed by atoms with Gasteiger partial charge in [-0.3, -0.25) is 9.36 Å². The van der Waals surface area contributed by atoms with Crippen molar-refractivity contribution in [3.8, 4) is 11.3 Å². The number of aromatic nitrogens is 4. The Labute approximate surface area is 189 Å². The Bertz CT molecular complexity index is 1280. The van der Waals surface area contributed by atoms with Crippen LogP contribution in [0, 0.1) is 0 Å². The number of thioether (sulfide) groups is 1. The summed E-state index contributed by atoms with van der Waals surface area (Å²) in [6.07, 6.45) is 1.54. The van der Waals surface area contributed by atoms with Crippen LogP contribution in [0.1, 0.15) is 18.9 Å². The van der Waals surface area contributed by atoms with Crippen LogP contribution in [0.25, 0.3) is 22.3 Å². The summed E-state index contributed by atoms with van der Waals surface area (Å²) in [5, 5.41) is 9.27. The van der Waals surface area contributed by atoms with E-state index in [-0.39, 0.29) is 17.6 Å². The van der Waals surface area contributed by atoms with Crippen LogP contribution in [-0.2, 0) is 4.79 Å². The Morgan fingerprint density at radius 3 is 2.47 bits per heavy atom. The summed E-state index contributed by atoms with van der Waals surface area (Å²) in [6.45, 7) is 1.29. The standard InChI is InChI=1S/C24H23N5O2S/c30-23(16-32-22-11-10-19(26-27-22)17-6-2-1-3-7-17)28-14-12-18(13-15-28)29-21-9-5-4-8-20(21)25-24(29)31/h1-11,18H,12-16H2,(H,25,31). The first kappa shape index (κ1) is 20.5. The second kappa shape index (κ2) is 9.00. The van der Waals surface area contributed by atoms with Crippen molar-refractivity contribution in [1.29, 1.82) is 0 Å². The van der Waals surface area contributed by atoms with Gasteiger partial charge in [0.15, 0.2) is 0 Å². The van der Waals surface area contributed by atoms with Gasteiger partial charge in [0.1, 0.15) is 5.03 Å². The van der Waals surface area contributed by atoms with Crippen LogP contribution in [0.4, 0.5) is 0 Å². The van der Waals surface area contributed by atoms with Gasteiger partial charge in [-0.25, -0.2) is 4.79 Å². The van der Waals surface area contributed by atoms with Crippen molar-refractivity contribution in [3.05, 3.63) is 77.2 Å². The molecule has 2 aromatic carbocycles. The molecule has 1 aliphatic heterocycles. The molecule has 1 amide bonds. The van der Waals surface area contributed by atoms with Gasteiger partial charge in [-0.15, -0.1) is 10.2 Å². The zero-order chi connectivity index (χ0) is 21.9. The zero-order valence-corrected chi connectivity index (χ0v) is 18.3. The van der Waals surface area contributed by atoms with E-state index >= 15 is 0 Å². The molecular weight excluding hydrogens is 422 g/mol. The monoisotopic (exact) mass is 445 g/mol. The highest BCUT2D eigenvalue weighted by atomic mass is 32.2. The maximum absolute atomic E-state index is 12.7. The van der Waals surface area contributed by atoms with E-state index in [0.717, 1.165) is 40.2 Å². The number of aromatic amines is 1. The molecule has 1 N–H and O–H groups in total. The molecule has 1 fully saturated rings. The Morgan fingerprint density at radius 2 is 1.72 bits per heavy atom. The van der Waals surface area contributed by atoms with E-state index < -0.39 is 0 Å². The molecule has 0 radical (unpaired) electrons. The SMILES string of the molecule is O=C(CSc1ccc(-c2ccccc2)nn1)N1CCC(n2c(=O)[nH]c3ccccc32)CC1. The molecule has 1 saturated heterocycles. The number of nitrogens with zero attached hydrogens (tertiary/aromatic N) is 4. The average molecular weight is 446 g/mol. The minimum atomic E-state index is -0.0796. The fourth-order valence-electron chi connectivity index (χ4n) is 4.20. The lowest BCUT2D eigenvalue weighted by molar-refractivity contribution is -0.129. The molecule has 0 spiro atoms. The summed E-state index contributed by atoms with van der Waals surface area (Å²) in [4.78, 5) is 30.0. The number of H-pyrrole nitrogens is 1. The highest BCUT2D eigenvalue weighted by molar-refractivity contribution is 7.99. The van der Waals surface area contributed by atoms with Crippen LogP contribution < -0.4 is 5.69 Å². The van der Waals surface area contributed by atoms with E-state index in [4.69, 9.17) is 0 Å². The minimum Gasteiger partial charge on any atom is -0.342 e. The molecule has 0 aliphatic carbocycles. The fraction of sp³-hybridized carbons (Fsp3) is 0.250. The van der Waals surface area contributed by atoms with Crippen LogP contribution in [0.15, 0.2) is 76.6 Å². The predicted molar refractivity (Wildman–Crippen MR) is 126 cm³/mol. The van der Waals surface area contributed by atoms with Gasteiger partial charge in [-0.05, 0) is 37.1 Å². The predicted octanol–water partition coefficient (Wildman–Crippen LogP) is 3.74. The number of nitrogens with one attached hydrogen (secondary N) is 1. The summed E-state index contributed by atoms with van der Waals surface area (Å²) in [7, 11) is 0. The van der Waals surface area contributed by atoms with Gasteiger partial charge in [0, 0.05) is 24.7 Å². The molecule has 4 aromatic rings. The average Bonchev–Trinajstić information content (AvgIpc) is 3.19. The lowest BCUT2D eigenvalue weighted by Gasteiger charge is -2.32. The Balaban J connectivity index is 1.16. The van der Waals surface area contributed by atoms with Gasteiger partial charge >= 0.3 is 5.69 Å². The van der Waals surface area contributed by atoms with Gasteiger partial charge in [-0.2, -0.15) is 0 Å². The number of hydrogen-bond donors (Lipinski definition) is 1. The smallest absolute Gasteiger partial charge is 0.326 e. The number of para-hydroxylation sites is 2. The largest absolute Gasteiger partial charge is 0.342 e. The van der Waals surface area contributed by atoms with Crippen LogP contribution in [0.3, 0.4) is 0 Å². The third kappa shape index (κ3) is 4.18. The summed E-state index contributed by atoms with van der Waals surface area (Å²) < 4.78 is 1.84. The quantitative estimate of drug-likeness (QED) is 0.473. The number of imidazole rings is 1. The maximum atomic E-state index is 12.7. The second-order valence-corrected chi connectivity index (χ2v) is 8.84. The van der Waals surface area contributed by atoms with Gasteiger partial charge in [-0.1, -0.05) is 54.2 Å². The van der Waals surface area contributed by atoms with Crippen molar-refractivity contribution in [1.82, 2.24) is 24.6 Å². The molecule has 0 bridgehead atoms. The number of hydrogen-bond acceptors (Lipinski definition) is 5. The Kier molecular flexibility index (Phi) is 5.77. The van der Waals surface area contributed by atoms with E-state index in [2.05, 4.69) is 15.2 Å². The molecule has 162 valence electrons. The first-order chi connectivity index (χ1) is 15.7. The van der Waals surface area contributed by atoms with Crippen molar-refractivity contribution in [2.45, 2.75) is 23.9 Å². The van der Waals surface area contributed by atoms with E-state index in [1.165, 1.54) is 11.8 Å². The van der Waals surface area contributed by atoms with E-state index in [0.29, 0.717) is 18.8 Å². The third-order valence-electron chi connectivity index (χ3n) is 5.86. The highest BCUT2D eigenvalue weighted by Gasteiger charge is 2.26. The van der Waals surface area contributed by atoms with Gasteiger partial charge < -0.3 is 9.88 Å². The maximum Gasteiger partial charge on any atom is 0.326 e. The zero-order valence-electron chi connectivity index (χ0n) is 17.5. The van der Waals surface area contributed by atoms with E-state index in [9.17, 15) is 9.59 Å². The number of amides is 1. The summed E-state index contributed by atoms with van der Waals surface area (Å²) in [6, 6.07) is 21.6. The number of carbonyl (C=O) groups excluding carboxylic acids is 1. The number of benzene rings is 2. The fourth-order valence-corrected chi connectivity index (χ4v) is 4.91. The summed E-state index contributed by atoms with van der Waals surface area (Å²) >= 11 is 1.40. The van der Waals surface area contributed by atoms with Gasteiger partial charge in [0.25, 0.3) is 0 Å². The molecule has 0 unspecified atom stereocenters. The number of likely N-dealkylation sites (tertiary alicyclic amines) is 1. The first-order valence-corrected chi connectivity index (χ1v) is 11.7. The normalized spacial score (nSPS) is 14.7. The Morgan fingerprint density at radius 1 is 0.969 bits per heavy atom. The molecule has 7 nitrogen and oxygen atoms in total. The first-order valence-electron chi connectivity index (χ1n) is 10.7. The molecule has 5 rings (SSSR count). The molecule has 32 heavy (non-hydrogen) atoms. The van der Waals surface area contributed by atoms with Crippen molar-refractivity contribution in [2.75, 3.05) is 18.8 Å². The van der Waals surface area contributed by atoms with E-state index in [1.807, 2.05) is 76.2 Å². The molecule has 8 heteroatoms. The number of fused-ring (bicyclic) bond motifs is 1. The van der Waals surface area contributed by atoms with E-state index in [1.54, 1.807) is 0 Å². The Hall–Kier alpha value is -3.39. The van der Waals surface area contributed by atoms with Crippen molar-refractivity contribution >= 4 is 28.7 Å². The van der Waals surface area contributed by atoms with Crippen LogP contribution in [-0.4, -0.2) is 49.4 Å². The highest BCUT2D eigenvalue weighted by Crippen LogP contribution is 2.26. The molecular formula is C24H23N5O2S. The number of rotatable bonds is 5. The van der Waals surface area contributed by atoms with Crippen LogP contribution in [0.2, 0.25) is 0 Å². The summed E-state index contributed by atoms with van der Waals surface area (Å²) in [5.41, 5.74) is 3.53. The third-order valence-corrected chi connectivity index (χ3v) is 6.76. The summed E-state index contributed by atoms with van der Waals surface area (Å²) in [5.74, 6) is 0.422. The molecule has 1 aliphatic rings. The van der Waals surface area contributed by atoms with Gasteiger partial charge in [0.05, 0.1) is 22.5 Å². The van der Waals surface area contributed by atoms with Crippen molar-refractivity contribution < 1.29 is 4.79 Å². The molecule has 0 atom stereocenters. The van der Waals surface area contributed by atoms with Crippen molar-refractivity contribution in [2.24, 2.45) is 0 Å². The molecule has 3 heterocycles. The molecule has 0 saturated carbocycles. The molecule has 2 aromatic heterocycles. The minimum absolute atomic E-state index is 0.0796. The van der Waals surface area contributed by atoms with Crippen LogP contribution >= 0.6 is 11.8 Å². The van der Waals surface area contributed by atoms with Gasteiger partial charge in [0.2, 0.25) is 5.91 Å². The van der Waals surface area contributed by atoms with Crippen LogP contribution in [0.5, 0.6) is 0 Å². The number of piperidine rings is 1.